The van der Waals surface area contributed by atoms with Crippen molar-refractivity contribution in [3.8, 4) is 0 Å². The number of unbranched alkanes of at least 4 members (excludes halogenated alkanes) is 1. The topological polar surface area (TPSA) is 79.0 Å². The summed E-state index contributed by atoms with van der Waals surface area (Å²) in [5.74, 6) is -0.656. The van der Waals surface area contributed by atoms with Crippen molar-refractivity contribution in [1.29, 1.82) is 0 Å². The van der Waals surface area contributed by atoms with E-state index in [4.69, 9.17) is 4.74 Å². The molecule has 3 atom stereocenters. The van der Waals surface area contributed by atoms with Crippen molar-refractivity contribution >= 4 is 17.9 Å². The summed E-state index contributed by atoms with van der Waals surface area (Å²) in [6, 6.07) is 8.15. The van der Waals surface area contributed by atoms with Crippen molar-refractivity contribution in [1.82, 2.24) is 15.1 Å². The first-order valence-electron chi connectivity index (χ1n) is 12.5. The standard InChI is InChI=1S/C26H39N3O4/c1-4-6-14-27-26(32)29-18-21(12-13-23(29)20-10-7-9-19(3)16-20)24(30)28-15-8-11-22(17-28)25(31)33-5-2/h7,9-10,16,21-23H,4-6,8,11-15,17-18H2,1-3H3,(H,27,32). The number of urea groups is 1. The molecule has 2 heterocycles. The Morgan fingerprint density at radius 1 is 1.09 bits per heavy atom. The first-order chi connectivity index (χ1) is 15.9. The number of hydrogen-bond acceptors (Lipinski definition) is 4. The first kappa shape index (κ1) is 25.1. The van der Waals surface area contributed by atoms with Crippen LogP contribution in [0.2, 0.25) is 0 Å². The third-order valence-corrected chi connectivity index (χ3v) is 6.78. The van der Waals surface area contributed by atoms with Gasteiger partial charge in [-0.2, -0.15) is 0 Å². The van der Waals surface area contributed by atoms with Gasteiger partial charge < -0.3 is 19.9 Å². The smallest absolute Gasteiger partial charge is 0.317 e. The number of carbonyl (C=O) groups is 3. The molecule has 2 fully saturated rings. The van der Waals surface area contributed by atoms with Gasteiger partial charge in [-0.1, -0.05) is 43.2 Å². The number of esters is 1. The normalized spacial score (nSPS) is 23.2. The van der Waals surface area contributed by atoms with Crippen LogP contribution in [-0.2, 0) is 14.3 Å². The van der Waals surface area contributed by atoms with Crippen molar-refractivity contribution in [2.75, 3.05) is 32.8 Å². The van der Waals surface area contributed by atoms with Gasteiger partial charge >= 0.3 is 12.0 Å². The van der Waals surface area contributed by atoms with E-state index in [9.17, 15) is 14.4 Å². The van der Waals surface area contributed by atoms with Crippen LogP contribution in [0.5, 0.6) is 0 Å². The van der Waals surface area contributed by atoms with E-state index in [1.807, 2.05) is 15.9 Å². The zero-order valence-corrected chi connectivity index (χ0v) is 20.3. The molecule has 0 aliphatic carbocycles. The molecule has 1 N–H and O–H groups in total. The van der Waals surface area contributed by atoms with Gasteiger partial charge in [0.05, 0.1) is 24.5 Å². The lowest BCUT2D eigenvalue weighted by atomic mass is 9.87. The molecule has 182 valence electrons. The number of aryl methyl sites for hydroxylation is 1. The number of nitrogens with zero attached hydrogens (tertiary/aromatic N) is 2. The predicted octanol–water partition coefficient (Wildman–Crippen LogP) is 4.06. The summed E-state index contributed by atoms with van der Waals surface area (Å²) in [4.78, 5) is 42.4. The average Bonchev–Trinajstić information content (AvgIpc) is 2.83. The van der Waals surface area contributed by atoms with Crippen molar-refractivity contribution in [2.24, 2.45) is 11.8 Å². The predicted molar refractivity (Wildman–Crippen MR) is 128 cm³/mol. The van der Waals surface area contributed by atoms with Crippen LogP contribution in [0.25, 0.3) is 0 Å². The maximum absolute atomic E-state index is 13.4. The van der Waals surface area contributed by atoms with E-state index in [-0.39, 0.29) is 35.8 Å². The summed E-state index contributed by atoms with van der Waals surface area (Å²) in [6.45, 7) is 8.42. The number of ether oxygens (including phenoxy) is 1. The minimum atomic E-state index is -0.250. The number of hydrogen-bond donors (Lipinski definition) is 1. The Balaban J connectivity index is 1.72. The number of amides is 3. The summed E-state index contributed by atoms with van der Waals surface area (Å²) in [7, 11) is 0. The van der Waals surface area contributed by atoms with E-state index < -0.39 is 0 Å². The third kappa shape index (κ3) is 6.49. The molecular weight excluding hydrogens is 418 g/mol. The van der Waals surface area contributed by atoms with E-state index in [2.05, 4.69) is 37.4 Å². The van der Waals surface area contributed by atoms with Crippen molar-refractivity contribution in [3.05, 3.63) is 35.4 Å². The largest absolute Gasteiger partial charge is 0.466 e. The zero-order valence-electron chi connectivity index (χ0n) is 20.3. The highest BCUT2D eigenvalue weighted by Crippen LogP contribution is 2.35. The molecule has 0 bridgehead atoms. The Hall–Kier alpha value is -2.57. The molecule has 1 aromatic rings. The van der Waals surface area contributed by atoms with Gasteiger partial charge in [-0.25, -0.2) is 4.79 Å². The van der Waals surface area contributed by atoms with Gasteiger partial charge in [-0.15, -0.1) is 0 Å². The van der Waals surface area contributed by atoms with Crippen LogP contribution in [-0.4, -0.2) is 60.5 Å². The highest BCUT2D eigenvalue weighted by Gasteiger charge is 2.39. The molecule has 0 radical (unpaired) electrons. The molecule has 3 unspecified atom stereocenters. The molecule has 3 rings (SSSR count). The van der Waals surface area contributed by atoms with Gasteiger partial charge in [0.1, 0.15) is 0 Å². The van der Waals surface area contributed by atoms with Crippen molar-refractivity contribution < 1.29 is 19.1 Å². The SMILES string of the molecule is CCCCNC(=O)N1CC(C(=O)N2CCCC(C(=O)OCC)C2)CCC1c1cccc(C)c1. The van der Waals surface area contributed by atoms with Crippen LogP contribution in [0.15, 0.2) is 24.3 Å². The molecule has 1 aromatic carbocycles. The van der Waals surface area contributed by atoms with Gasteiger partial charge in [-0.3, -0.25) is 9.59 Å². The highest BCUT2D eigenvalue weighted by atomic mass is 16.5. The van der Waals surface area contributed by atoms with Gasteiger partial charge in [0.15, 0.2) is 0 Å². The Kier molecular flexibility index (Phi) is 9.15. The third-order valence-electron chi connectivity index (χ3n) is 6.78. The van der Waals surface area contributed by atoms with Gasteiger partial charge in [0.2, 0.25) is 5.91 Å². The van der Waals surface area contributed by atoms with Crippen LogP contribution in [0.4, 0.5) is 4.79 Å². The molecular formula is C26H39N3O4. The van der Waals surface area contributed by atoms with Crippen molar-refractivity contribution in [2.45, 2.75) is 65.3 Å². The number of likely N-dealkylation sites (tertiary alicyclic amines) is 2. The van der Waals surface area contributed by atoms with E-state index in [1.165, 1.54) is 0 Å². The average molecular weight is 458 g/mol. The van der Waals surface area contributed by atoms with Crippen LogP contribution in [0.3, 0.4) is 0 Å². The molecule has 33 heavy (non-hydrogen) atoms. The lowest BCUT2D eigenvalue weighted by molar-refractivity contribution is -0.152. The molecule has 7 heteroatoms. The maximum atomic E-state index is 13.4. The van der Waals surface area contributed by atoms with Crippen molar-refractivity contribution in [3.63, 3.8) is 0 Å². The fourth-order valence-corrected chi connectivity index (χ4v) is 4.98. The summed E-state index contributed by atoms with van der Waals surface area (Å²) in [6.07, 6.45) is 4.98. The maximum Gasteiger partial charge on any atom is 0.317 e. The summed E-state index contributed by atoms with van der Waals surface area (Å²) < 4.78 is 5.18. The highest BCUT2D eigenvalue weighted by molar-refractivity contribution is 5.82. The van der Waals surface area contributed by atoms with Gasteiger partial charge in [0, 0.05) is 26.2 Å². The number of carbonyl (C=O) groups excluding carboxylic acids is 3. The second kappa shape index (κ2) is 12.1. The summed E-state index contributed by atoms with van der Waals surface area (Å²) in [5.41, 5.74) is 2.28. The number of nitrogens with one attached hydrogen (secondary N) is 1. The van der Waals surface area contributed by atoms with Gasteiger partial charge in [-0.05, 0) is 51.5 Å². The molecule has 2 aliphatic heterocycles. The lowest BCUT2D eigenvalue weighted by Crippen LogP contribution is -2.52. The van der Waals surface area contributed by atoms with E-state index in [0.717, 1.165) is 49.7 Å². The minimum absolute atomic E-state index is 0.0378. The number of rotatable bonds is 7. The fraction of sp³-hybridized carbons (Fsp3) is 0.654. The second-order valence-corrected chi connectivity index (χ2v) is 9.32. The Morgan fingerprint density at radius 2 is 1.91 bits per heavy atom. The van der Waals surface area contributed by atoms with Crippen LogP contribution in [0.1, 0.15) is 69.5 Å². The Bertz CT molecular complexity index is 828. The number of piperidine rings is 2. The summed E-state index contributed by atoms with van der Waals surface area (Å²) >= 11 is 0. The van der Waals surface area contributed by atoms with Crippen LogP contribution in [0, 0.1) is 18.8 Å². The van der Waals surface area contributed by atoms with E-state index >= 15 is 0 Å². The van der Waals surface area contributed by atoms with Crippen LogP contribution < -0.4 is 5.32 Å². The Morgan fingerprint density at radius 3 is 2.64 bits per heavy atom. The number of benzene rings is 1. The molecule has 0 aromatic heterocycles. The quantitative estimate of drug-likeness (QED) is 0.495. The van der Waals surface area contributed by atoms with Crippen LogP contribution >= 0.6 is 0 Å². The molecule has 2 saturated heterocycles. The van der Waals surface area contributed by atoms with E-state index in [1.54, 1.807) is 6.92 Å². The van der Waals surface area contributed by atoms with Gasteiger partial charge in [0.25, 0.3) is 0 Å². The molecule has 2 aliphatic rings. The fourth-order valence-electron chi connectivity index (χ4n) is 4.98. The molecule has 0 spiro atoms. The zero-order chi connectivity index (χ0) is 23.8. The Labute approximate surface area is 197 Å². The minimum Gasteiger partial charge on any atom is -0.466 e. The molecule has 7 nitrogen and oxygen atoms in total. The molecule has 0 saturated carbocycles. The second-order valence-electron chi connectivity index (χ2n) is 9.32. The monoisotopic (exact) mass is 457 g/mol. The molecule has 3 amide bonds. The summed E-state index contributed by atoms with van der Waals surface area (Å²) in [5, 5.41) is 3.04. The van der Waals surface area contributed by atoms with E-state index in [0.29, 0.717) is 32.8 Å². The first-order valence-corrected chi connectivity index (χ1v) is 12.5. The lowest BCUT2D eigenvalue weighted by Gasteiger charge is -2.42.